The van der Waals surface area contributed by atoms with E-state index in [0.717, 1.165) is 0 Å². The van der Waals surface area contributed by atoms with Gasteiger partial charge in [-0.05, 0) is 13.8 Å². The van der Waals surface area contributed by atoms with Crippen molar-refractivity contribution in [2.45, 2.75) is 13.8 Å². The Morgan fingerprint density at radius 2 is 2.30 bits per heavy atom. The van der Waals surface area contributed by atoms with Crippen LogP contribution in [-0.2, 0) is 4.84 Å². The van der Waals surface area contributed by atoms with E-state index in [1.807, 2.05) is 20.9 Å². The highest BCUT2D eigenvalue weighted by atomic mass is 16.7. The van der Waals surface area contributed by atoms with Gasteiger partial charge in [-0.2, -0.15) is 10.3 Å². The maximum atomic E-state index is 8.42. The molecule has 0 N–H and O–H groups in total. The number of rotatable bonds is 4. The molecule has 0 amide bonds. The second-order valence-electron chi connectivity index (χ2n) is 2.26. The monoisotopic (exact) mass is 142 g/mol. The van der Waals surface area contributed by atoms with Gasteiger partial charge in [-0.1, -0.05) is 0 Å². The van der Waals surface area contributed by atoms with E-state index >= 15 is 0 Å². The molecule has 1 atom stereocenters. The highest BCUT2D eigenvalue weighted by molar-refractivity contribution is 4.79. The Morgan fingerprint density at radius 3 is 2.70 bits per heavy atom. The lowest BCUT2D eigenvalue weighted by Crippen LogP contribution is -2.23. The van der Waals surface area contributed by atoms with E-state index in [-0.39, 0.29) is 5.92 Å². The normalized spacial score (nSPS) is 13.1. The van der Waals surface area contributed by atoms with E-state index in [9.17, 15) is 0 Å². The summed E-state index contributed by atoms with van der Waals surface area (Å²) >= 11 is 0. The van der Waals surface area contributed by atoms with E-state index in [1.54, 1.807) is 5.06 Å². The number of nitriles is 1. The minimum absolute atomic E-state index is 0.0385. The molecule has 0 rings (SSSR count). The van der Waals surface area contributed by atoms with Crippen LogP contribution >= 0.6 is 0 Å². The lowest BCUT2D eigenvalue weighted by atomic mass is 10.2. The first-order chi connectivity index (χ1) is 4.70. The first-order valence-electron chi connectivity index (χ1n) is 3.44. The SMILES string of the molecule is CCON(C)CC(C)C#N. The Balaban J connectivity index is 3.39. The van der Waals surface area contributed by atoms with Crippen LogP contribution in [0.4, 0.5) is 0 Å². The second-order valence-corrected chi connectivity index (χ2v) is 2.26. The van der Waals surface area contributed by atoms with Gasteiger partial charge in [0.2, 0.25) is 0 Å². The number of nitrogens with zero attached hydrogens (tertiary/aromatic N) is 2. The second kappa shape index (κ2) is 5.21. The highest BCUT2D eigenvalue weighted by Gasteiger charge is 2.03. The van der Waals surface area contributed by atoms with Crippen molar-refractivity contribution in [3.05, 3.63) is 0 Å². The van der Waals surface area contributed by atoms with E-state index in [2.05, 4.69) is 6.07 Å². The summed E-state index contributed by atoms with van der Waals surface area (Å²) in [4.78, 5) is 5.10. The average molecular weight is 142 g/mol. The van der Waals surface area contributed by atoms with Crippen LogP contribution < -0.4 is 0 Å². The van der Waals surface area contributed by atoms with E-state index in [1.165, 1.54) is 0 Å². The molecule has 0 fully saturated rings. The van der Waals surface area contributed by atoms with Crippen LogP contribution in [0.1, 0.15) is 13.8 Å². The highest BCUT2D eigenvalue weighted by Crippen LogP contribution is 1.95. The summed E-state index contributed by atoms with van der Waals surface area (Å²) in [6, 6.07) is 2.13. The third-order valence-corrected chi connectivity index (χ3v) is 1.10. The van der Waals surface area contributed by atoms with Gasteiger partial charge < -0.3 is 0 Å². The third kappa shape index (κ3) is 4.30. The number of hydroxylamine groups is 2. The predicted molar refractivity (Wildman–Crippen MR) is 39.0 cm³/mol. The Labute approximate surface area is 62.1 Å². The van der Waals surface area contributed by atoms with Crippen molar-refractivity contribution in [1.82, 2.24) is 5.06 Å². The van der Waals surface area contributed by atoms with Gasteiger partial charge in [0.1, 0.15) is 0 Å². The van der Waals surface area contributed by atoms with Crippen molar-refractivity contribution in [2.75, 3.05) is 20.2 Å². The predicted octanol–water partition coefficient (Wildman–Crippen LogP) is 1.03. The maximum absolute atomic E-state index is 8.42. The molecule has 0 aromatic heterocycles. The zero-order valence-corrected chi connectivity index (χ0v) is 6.79. The van der Waals surface area contributed by atoms with Crippen LogP contribution in [0.25, 0.3) is 0 Å². The summed E-state index contributed by atoms with van der Waals surface area (Å²) in [6.07, 6.45) is 0. The molecule has 0 aliphatic carbocycles. The average Bonchev–Trinajstić information content (AvgIpc) is 1.88. The molecule has 0 aliphatic heterocycles. The molecule has 1 unspecified atom stereocenters. The summed E-state index contributed by atoms with van der Waals surface area (Å²) in [6.45, 7) is 5.13. The van der Waals surface area contributed by atoms with Gasteiger partial charge >= 0.3 is 0 Å². The van der Waals surface area contributed by atoms with Crippen LogP contribution in [-0.4, -0.2) is 25.3 Å². The summed E-state index contributed by atoms with van der Waals surface area (Å²) in [5.41, 5.74) is 0. The molecule has 0 heterocycles. The molecule has 0 aromatic carbocycles. The molecule has 3 nitrogen and oxygen atoms in total. The van der Waals surface area contributed by atoms with Crippen molar-refractivity contribution in [3.63, 3.8) is 0 Å². The van der Waals surface area contributed by atoms with Crippen LogP contribution in [0, 0.1) is 17.2 Å². The van der Waals surface area contributed by atoms with Crippen molar-refractivity contribution >= 4 is 0 Å². The Kier molecular flexibility index (Phi) is 4.91. The van der Waals surface area contributed by atoms with Crippen molar-refractivity contribution in [3.8, 4) is 6.07 Å². The zero-order chi connectivity index (χ0) is 7.98. The Bertz CT molecular complexity index is 119. The minimum Gasteiger partial charge on any atom is -0.300 e. The fraction of sp³-hybridized carbons (Fsp3) is 0.857. The molecule has 0 saturated carbocycles. The van der Waals surface area contributed by atoms with E-state index in [4.69, 9.17) is 10.1 Å². The van der Waals surface area contributed by atoms with Gasteiger partial charge in [0, 0.05) is 13.6 Å². The first kappa shape index (κ1) is 9.41. The standard InChI is InChI=1S/C7H14N2O/c1-4-10-9(3)6-7(2)5-8/h7H,4,6H2,1-3H3. The number of hydrogen-bond acceptors (Lipinski definition) is 3. The van der Waals surface area contributed by atoms with Gasteiger partial charge in [0.25, 0.3) is 0 Å². The summed E-state index contributed by atoms with van der Waals surface area (Å²) in [5.74, 6) is 0.0385. The molecule has 10 heavy (non-hydrogen) atoms. The van der Waals surface area contributed by atoms with Crippen LogP contribution in [0.3, 0.4) is 0 Å². The molecule has 0 aliphatic rings. The molecular formula is C7H14N2O. The Morgan fingerprint density at radius 1 is 1.70 bits per heavy atom. The van der Waals surface area contributed by atoms with Gasteiger partial charge in [0.15, 0.2) is 0 Å². The maximum Gasteiger partial charge on any atom is 0.0667 e. The molecule has 0 bridgehead atoms. The molecule has 3 heteroatoms. The minimum atomic E-state index is 0.0385. The van der Waals surface area contributed by atoms with Crippen LogP contribution in [0.2, 0.25) is 0 Å². The molecule has 0 aromatic rings. The third-order valence-electron chi connectivity index (χ3n) is 1.10. The van der Waals surface area contributed by atoms with Gasteiger partial charge in [-0.3, -0.25) is 4.84 Å². The van der Waals surface area contributed by atoms with E-state index in [0.29, 0.717) is 13.2 Å². The van der Waals surface area contributed by atoms with Gasteiger partial charge in [-0.25, -0.2) is 0 Å². The van der Waals surface area contributed by atoms with Crippen LogP contribution in [0.15, 0.2) is 0 Å². The van der Waals surface area contributed by atoms with Gasteiger partial charge in [-0.15, -0.1) is 0 Å². The summed E-state index contributed by atoms with van der Waals surface area (Å²) in [7, 11) is 1.83. The molecule has 0 saturated heterocycles. The fourth-order valence-corrected chi connectivity index (χ4v) is 0.700. The van der Waals surface area contributed by atoms with Crippen LogP contribution in [0.5, 0.6) is 0 Å². The molecule has 0 spiro atoms. The summed E-state index contributed by atoms with van der Waals surface area (Å²) in [5, 5.41) is 10.1. The first-order valence-corrected chi connectivity index (χ1v) is 3.44. The smallest absolute Gasteiger partial charge is 0.0667 e. The lowest BCUT2D eigenvalue weighted by Gasteiger charge is -2.15. The van der Waals surface area contributed by atoms with Crippen molar-refractivity contribution in [2.24, 2.45) is 5.92 Å². The molecule has 0 radical (unpaired) electrons. The fourth-order valence-electron chi connectivity index (χ4n) is 0.700. The molecular weight excluding hydrogens is 128 g/mol. The zero-order valence-electron chi connectivity index (χ0n) is 6.79. The summed E-state index contributed by atoms with van der Waals surface area (Å²) < 4.78 is 0. The quantitative estimate of drug-likeness (QED) is 0.550. The van der Waals surface area contributed by atoms with Crippen molar-refractivity contribution < 1.29 is 4.84 Å². The largest absolute Gasteiger partial charge is 0.300 e. The van der Waals surface area contributed by atoms with Crippen molar-refractivity contribution in [1.29, 1.82) is 5.26 Å². The topological polar surface area (TPSA) is 36.3 Å². The van der Waals surface area contributed by atoms with E-state index < -0.39 is 0 Å². The lowest BCUT2D eigenvalue weighted by molar-refractivity contribution is -0.138. The number of hydrogen-bond donors (Lipinski definition) is 0. The van der Waals surface area contributed by atoms with Gasteiger partial charge in [0.05, 0.1) is 18.6 Å². The Hall–Kier alpha value is -0.590. The molecule has 58 valence electrons.